The van der Waals surface area contributed by atoms with Crippen LogP contribution < -0.4 is 0 Å². The van der Waals surface area contributed by atoms with Crippen LogP contribution in [-0.2, 0) is 20.3 Å². The maximum Gasteiger partial charge on any atom is 0.337 e. The minimum atomic E-state index is -3.62. The summed E-state index contributed by atoms with van der Waals surface area (Å²) < 4.78 is 32.2. The standard InChI is InChI=1S/C19H16ClNO4S/c1-25-19(22)14-4-9-18(21-10-2-3-11-21)15(12-14)13-26(23,24)17-7-5-16(20)6-8-17/h2-12H,13H2,1H3. The van der Waals surface area contributed by atoms with Crippen LogP contribution in [0.2, 0.25) is 5.02 Å². The third kappa shape index (κ3) is 3.81. The molecule has 0 spiro atoms. The molecular formula is C19H16ClNO4S. The third-order valence-corrected chi connectivity index (χ3v) is 5.83. The van der Waals surface area contributed by atoms with Crippen molar-refractivity contribution in [2.24, 2.45) is 0 Å². The van der Waals surface area contributed by atoms with Crippen molar-refractivity contribution >= 4 is 27.4 Å². The normalized spacial score (nSPS) is 11.3. The Labute approximate surface area is 156 Å². The summed E-state index contributed by atoms with van der Waals surface area (Å²) >= 11 is 5.84. The van der Waals surface area contributed by atoms with Crippen molar-refractivity contribution in [3.63, 3.8) is 0 Å². The van der Waals surface area contributed by atoms with Gasteiger partial charge >= 0.3 is 5.97 Å². The first-order valence-electron chi connectivity index (χ1n) is 7.73. The highest BCUT2D eigenvalue weighted by molar-refractivity contribution is 7.90. The molecule has 0 saturated carbocycles. The molecule has 2 aromatic carbocycles. The molecule has 1 heterocycles. The van der Waals surface area contributed by atoms with Gasteiger partial charge in [0.2, 0.25) is 0 Å². The molecule has 0 aliphatic heterocycles. The van der Waals surface area contributed by atoms with Gasteiger partial charge in [0, 0.05) is 23.1 Å². The summed E-state index contributed by atoms with van der Waals surface area (Å²) in [6.45, 7) is 0. The van der Waals surface area contributed by atoms with Gasteiger partial charge in [0.25, 0.3) is 0 Å². The van der Waals surface area contributed by atoms with E-state index in [4.69, 9.17) is 16.3 Å². The average molecular weight is 390 g/mol. The predicted molar refractivity (Wildman–Crippen MR) is 99.5 cm³/mol. The van der Waals surface area contributed by atoms with Gasteiger partial charge in [-0.3, -0.25) is 0 Å². The van der Waals surface area contributed by atoms with Crippen LogP contribution >= 0.6 is 11.6 Å². The minimum Gasteiger partial charge on any atom is -0.465 e. The maximum absolute atomic E-state index is 12.8. The highest BCUT2D eigenvalue weighted by Gasteiger charge is 2.20. The van der Waals surface area contributed by atoms with E-state index in [0.717, 1.165) is 0 Å². The van der Waals surface area contributed by atoms with Crippen LogP contribution in [0.3, 0.4) is 0 Å². The lowest BCUT2D eigenvalue weighted by Crippen LogP contribution is -2.10. The number of aromatic nitrogens is 1. The Morgan fingerprint density at radius 3 is 2.35 bits per heavy atom. The minimum absolute atomic E-state index is 0.170. The highest BCUT2D eigenvalue weighted by Crippen LogP contribution is 2.24. The number of hydrogen-bond acceptors (Lipinski definition) is 4. The number of carbonyl (C=O) groups excluding carboxylic acids is 1. The van der Waals surface area contributed by atoms with Crippen LogP contribution in [0.15, 0.2) is 71.9 Å². The van der Waals surface area contributed by atoms with Crippen LogP contribution in [0.4, 0.5) is 0 Å². The maximum atomic E-state index is 12.8. The summed E-state index contributed by atoms with van der Waals surface area (Å²) in [4.78, 5) is 12.0. The number of ether oxygens (including phenoxy) is 1. The topological polar surface area (TPSA) is 65.4 Å². The molecule has 0 N–H and O–H groups in total. The van der Waals surface area contributed by atoms with E-state index >= 15 is 0 Å². The number of carbonyl (C=O) groups is 1. The second-order valence-electron chi connectivity index (χ2n) is 5.64. The Bertz CT molecular complexity index is 1030. The van der Waals surface area contributed by atoms with Gasteiger partial charge in [0.15, 0.2) is 9.84 Å². The van der Waals surface area contributed by atoms with Gasteiger partial charge in [-0.25, -0.2) is 13.2 Å². The first kappa shape index (κ1) is 18.2. The zero-order valence-electron chi connectivity index (χ0n) is 13.9. The molecule has 0 atom stereocenters. The van der Waals surface area contributed by atoms with Crippen LogP contribution in [0.5, 0.6) is 0 Å². The molecule has 0 aliphatic carbocycles. The first-order valence-corrected chi connectivity index (χ1v) is 9.76. The Balaban J connectivity index is 2.06. The van der Waals surface area contributed by atoms with Gasteiger partial charge in [-0.15, -0.1) is 0 Å². The third-order valence-electron chi connectivity index (χ3n) is 3.90. The van der Waals surface area contributed by atoms with Crippen molar-refractivity contribution in [1.29, 1.82) is 0 Å². The molecule has 134 valence electrons. The Morgan fingerprint density at radius 1 is 1.08 bits per heavy atom. The summed E-state index contributed by atoms with van der Waals surface area (Å²) in [5.74, 6) is -0.776. The van der Waals surface area contributed by atoms with Gasteiger partial charge in [-0.05, 0) is 60.2 Å². The molecule has 0 amide bonds. The van der Waals surface area contributed by atoms with Crippen LogP contribution in [0.1, 0.15) is 15.9 Å². The van der Waals surface area contributed by atoms with E-state index in [1.54, 1.807) is 22.8 Å². The fourth-order valence-electron chi connectivity index (χ4n) is 2.62. The van der Waals surface area contributed by atoms with Crippen molar-refractivity contribution in [2.75, 3.05) is 7.11 Å². The molecule has 0 fully saturated rings. The zero-order valence-corrected chi connectivity index (χ0v) is 15.5. The SMILES string of the molecule is COC(=O)c1ccc(-n2cccc2)c(CS(=O)(=O)c2ccc(Cl)cc2)c1. The number of hydrogen-bond donors (Lipinski definition) is 0. The number of nitrogens with zero attached hydrogens (tertiary/aromatic N) is 1. The zero-order chi connectivity index (χ0) is 18.7. The number of rotatable bonds is 5. The molecule has 0 unspecified atom stereocenters. The quantitative estimate of drug-likeness (QED) is 0.621. The van der Waals surface area contributed by atoms with Crippen LogP contribution in [0.25, 0.3) is 5.69 Å². The molecule has 0 radical (unpaired) electrons. The average Bonchev–Trinajstić information content (AvgIpc) is 3.15. The lowest BCUT2D eigenvalue weighted by Gasteiger charge is -2.13. The fourth-order valence-corrected chi connectivity index (χ4v) is 4.11. The molecule has 7 heteroatoms. The lowest BCUT2D eigenvalue weighted by molar-refractivity contribution is 0.0600. The van der Waals surface area contributed by atoms with Crippen LogP contribution in [0, 0.1) is 0 Å². The van der Waals surface area contributed by atoms with Gasteiger partial charge in [0.05, 0.1) is 23.3 Å². The molecule has 3 aromatic rings. The molecular weight excluding hydrogens is 374 g/mol. The second kappa shape index (κ2) is 7.35. The van der Waals surface area contributed by atoms with Crippen molar-refractivity contribution in [2.45, 2.75) is 10.6 Å². The largest absolute Gasteiger partial charge is 0.465 e. The Kier molecular flexibility index (Phi) is 5.15. The van der Waals surface area contributed by atoms with Crippen molar-refractivity contribution in [1.82, 2.24) is 4.57 Å². The van der Waals surface area contributed by atoms with E-state index in [-0.39, 0.29) is 10.6 Å². The molecule has 0 saturated heterocycles. The number of benzene rings is 2. The van der Waals surface area contributed by atoms with E-state index in [0.29, 0.717) is 21.8 Å². The van der Waals surface area contributed by atoms with Crippen LogP contribution in [-0.4, -0.2) is 26.1 Å². The number of esters is 1. The summed E-state index contributed by atoms with van der Waals surface area (Å²) in [5, 5.41) is 0.463. The number of methoxy groups -OCH3 is 1. The first-order chi connectivity index (χ1) is 12.4. The Hall–Kier alpha value is -2.57. The highest BCUT2D eigenvalue weighted by atomic mass is 35.5. The van der Waals surface area contributed by atoms with Gasteiger partial charge in [-0.2, -0.15) is 0 Å². The summed E-state index contributed by atoms with van der Waals surface area (Å²) in [6.07, 6.45) is 3.62. The Morgan fingerprint density at radius 2 is 1.73 bits per heavy atom. The molecule has 26 heavy (non-hydrogen) atoms. The number of sulfone groups is 1. The van der Waals surface area contributed by atoms with Crippen molar-refractivity contribution < 1.29 is 17.9 Å². The lowest BCUT2D eigenvalue weighted by atomic mass is 10.1. The van der Waals surface area contributed by atoms with E-state index < -0.39 is 15.8 Å². The van der Waals surface area contributed by atoms with Gasteiger partial charge in [0.1, 0.15) is 0 Å². The molecule has 1 aromatic heterocycles. The monoisotopic (exact) mass is 389 g/mol. The van der Waals surface area contributed by atoms with Gasteiger partial charge < -0.3 is 9.30 Å². The molecule has 5 nitrogen and oxygen atoms in total. The van der Waals surface area contributed by atoms with Crippen molar-refractivity contribution in [3.05, 3.63) is 83.1 Å². The molecule has 3 rings (SSSR count). The number of halogens is 1. The molecule has 0 aliphatic rings. The summed E-state index contributed by atoms with van der Waals surface area (Å²) in [5.41, 5.74) is 1.48. The summed E-state index contributed by atoms with van der Waals surface area (Å²) in [7, 11) is -2.33. The summed E-state index contributed by atoms with van der Waals surface area (Å²) in [6, 6.07) is 14.6. The van der Waals surface area contributed by atoms with Crippen molar-refractivity contribution in [3.8, 4) is 5.69 Å². The second-order valence-corrected chi connectivity index (χ2v) is 8.06. The predicted octanol–water partition coefficient (Wildman–Crippen LogP) is 3.89. The van der Waals surface area contributed by atoms with E-state index in [9.17, 15) is 13.2 Å². The van der Waals surface area contributed by atoms with E-state index in [2.05, 4.69) is 0 Å². The van der Waals surface area contributed by atoms with Gasteiger partial charge in [-0.1, -0.05) is 11.6 Å². The van der Waals surface area contributed by atoms with E-state index in [1.165, 1.54) is 31.4 Å². The smallest absolute Gasteiger partial charge is 0.337 e. The molecule has 0 bridgehead atoms. The van der Waals surface area contributed by atoms with E-state index in [1.807, 2.05) is 24.5 Å². The fraction of sp³-hybridized carbons (Fsp3) is 0.105.